The highest BCUT2D eigenvalue weighted by atomic mass is 16.2. The maximum atomic E-state index is 12.4. The molecule has 28 heavy (non-hydrogen) atoms. The minimum absolute atomic E-state index is 0.0977. The molecule has 2 atom stereocenters. The van der Waals surface area contributed by atoms with Crippen LogP contribution in [0.1, 0.15) is 60.4 Å². The minimum atomic E-state index is -0.902. The molecule has 1 aromatic rings. The van der Waals surface area contributed by atoms with E-state index in [2.05, 4.69) is 10.6 Å². The van der Waals surface area contributed by atoms with Gasteiger partial charge in [0.05, 0.1) is 12.3 Å². The van der Waals surface area contributed by atoms with Crippen LogP contribution in [0, 0.1) is 0 Å². The van der Waals surface area contributed by atoms with Crippen LogP contribution in [0.5, 0.6) is 0 Å². The third kappa shape index (κ3) is 5.90. The zero-order valence-corrected chi connectivity index (χ0v) is 15.4. The maximum absolute atomic E-state index is 12.4. The number of amides is 5. The second-order valence-corrected chi connectivity index (χ2v) is 6.79. The number of unbranched alkanes of at least 4 members (excludes halogenated alkanes) is 2. The molecule has 5 amide bonds. The highest BCUT2D eigenvalue weighted by Crippen LogP contribution is 2.23. The van der Waals surface area contributed by atoms with E-state index < -0.39 is 35.6 Å². The van der Waals surface area contributed by atoms with Gasteiger partial charge in [-0.1, -0.05) is 25.0 Å². The smallest absolute Gasteiger partial charge is 0.251 e. The van der Waals surface area contributed by atoms with Gasteiger partial charge in [-0.15, -0.1) is 0 Å². The number of hydrogen-bond acceptors (Lipinski definition) is 5. The predicted molar refractivity (Wildman–Crippen MR) is 99.7 cm³/mol. The van der Waals surface area contributed by atoms with E-state index in [1.807, 2.05) is 0 Å². The molecular formula is C19H24N4O5. The average molecular weight is 388 g/mol. The van der Waals surface area contributed by atoms with Crippen molar-refractivity contribution in [3.05, 3.63) is 35.4 Å². The third-order valence-corrected chi connectivity index (χ3v) is 4.58. The number of carbonyl (C=O) groups excluding carboxylic acids is 5. The number of nitrogens with one attached hydrogen (secondary N) is 2. The van der Waals surface area contributed by atoms with Crippen molar-refractivity contribution in [2.45, 2.75) is 50.5 Å². The number of hydrogen-bond donors (Lipinski definition) is 4. The molecule has 9 heteroatoms. The van der Waals surface area contributed by atoms with Crippen molar-refractivity contribution in [1.29, 1.82) is 0 Å². The lowest BCUT2D eigenvalue weighted by Gasteiger charge is -2.15. The summed E-state index contributed by atoms with van der Waals surface area (Å²) in [5, 5.41) is 4.64. The molecule has 1 aliphatic heterocycles. The summed E-state index contributed by atoms with van der Waals surface area (Å²) in [6, 6.07) is 5.55. The summed E-state index contributed by atoms with van der Waals surface area (Å²) >= 11 is 0. The maximum Gasteiger partial charge on any atom is 0.251 e. The van der Waals surface area contributed by atoms with Gasteiger partial charge in [-0.25, -0.2) is 0 Å². The molecule has 1 aliphatic rings. The van der Waals surface area contributed by atoms with Crippen LogP contribution in [-0.2, 0) is 19.2 Å². The Balaban J connectivity index is 2.01. The Bertz CT molecular complexity index is 792. The Morgan fingerprint density at radius 1 is 1.14 bits per heavy atom. The molecule has 9 nitrogen and oxygen atoms in total. The van der Waals surface area contributed by atoms with Crippen LogP contribution in [0.3, 0.4) is 0 Å². The van der Waals surface area contributed by atoms with Crippen molar-refractivity contribution in [2.24, 2.45) is 11.5 Å². The number of imide groups is 1. The van der Waals surface area contributed by atoms with Gasteiger partial charge in [-0.2, -0.15) is 0 Å². The van der Waals surface area contributed by atoms with E-state index in [4.69, 9.17) is 11.5 Å². The van der Waals surface area contributed by atoms with E-state index >= 15 is 0 Å². The van der Waals surface area contributed by atoms with Crippen molar-refractivity contribution >= 4 is 29.5 Å². The van der Waals surface area contributed by atoms with Gasteiger partial charge < -0.3 is 16.8 Å². The van der Waals surface area contributed by atoms with Gasteiger partial charge in [-0.3, -0.25) is 29.3 Å². The first-order valence-electron chi connectivity index (χ1n) is 9.10. The molecule has 2 rings (SSSR count). The van der Waals surface area contributed by atoms with E-state index in [1.165, 1.54) is 0 Å². The molecule has 0 radical (unpaired) electrons. The summed E-state index contributed by atoms with van der Waals surface area (Å²) in [5.41, 5.74) is 11.5. The number of benzene rings is 1. The lowest BCUT2D eigenvalue weighted by atomic mass is 9.91. The van der Waals surface area contributed by atoms with E-state index in [1.54, 1.807) is 24.3 Å². The number of rotatable bonds is 10. The van der Waals surface area contributed by atoms with Crippen LogP contribution in [-0.4, -0.2) is 35.6 Å². The van der Waals surface area contributed by atoms with Gasteiger partial charge in [-0.05, 0) is 30.5 Å². The van der Waals surface area contributed by atoms with Crippen molar-refractivity contribution < 1.29 is 24.0 Å². The van der Waals surface area contributed by atoms with Gasteiger partial charge in [0.15, 0.2) is 0 Å². The summed E-state index contributed by atoms with van der Waals surface area (Å²) in [7, 11) is 0. The van der Waals surface area contributed by atoms with Gasteiger partial charge in [0.1, 0.15) is 6.04 Å². The number of primary amides is 2. The zero-order chi connectivity index (χ0) is 20.7. The Labute approximate surface area is 162 Å². The lowest BCUT2D eigenvalue weighted by Crippen LogP contribution is -2.40. The summed E-state index contributed by atoms with van der Waals surface area (Å²) in [6.07, 6.45) is 2.75. The summed E-state index contributed by atoms with van der Waals surface area (Å²) in [4.78, 5) is 57.8. The molecule has 2 unspecified atom stereocenters. The molecule has 1 aromatic carbocycles. The topological polar surface area (TPSA) is 161 Å². The van der Waals surface area contributed by atoms with Crippen LogP contribution in [0.15, 0.2) is 24.3 Å². The van der Waals surface area contributed by atoms with Crippen molar-refractivity contribution in [3.63, 3.8) is 0 Å². The first kappa shape index (κ1) is 21.1. The lowest BCUT2D eigenvalue weighted by molar-refractivity contribution is -0.125. The monoisotopic (exact) mass is 388 g/mol. The predicted octanol–water partition coefficient (Wildman–Crippen LogP) is -0.164. The average Bonchev–Trinajstić information content (AvgIpc) is 2.94. The Morgan fingerprint density at radius 3 is 2.50 bits per heavy atom. The second kappa shape index (κ2) is 9.63. The molecule has 0 aromatic heterocycles. The molecule has 1 heterocycles. The summed E-state index contributed by atoms with van der Waals surface area (Å²) in [6.45, 7) is 0. The fourth-order valence-corrected chi connectivity index (χ4v) is 3.11. The quantitative estimate of drug-likeness (QED) is 0.323. The van der Waals surface area contributed by atoms with E-state index in [9.17, 15) is 24.0 Å². The Hall–Kier alpha value is -3.23. The summed E-state index contributed by atoms with van der Waals surface area (Å²) in [5.74, 6) is -2.93. The molecule has 150 valence electrons. The fraction of sp³-hybridized carbons (Fsp3) is 0.421. The van der Waals surface area contributed by atoms with Crippen molar-refractivity contribution in [2.75, 3.05) is 0 Å². The van der Waals surface area contributed by atoms with Crippen LogP contribution in [0.25, 0.3) is 0 Å². The van der Waals surface area contributed by atoms with Crippen LogP contribution < -0.4 is 22.1 Å². The van der Waals surface area contributed by atoms with Crippen molar-refractivity contribution in [1.82, 2.24) is 10.6 Å². The third-order valence-electron chi connectivity index (χ3n) is 4.58. The van der Waals surface area contributed by atoms with Crippen LogP contribution in [0.2, 0.25) is 0 Å². The van der Waals surface area contributed by atoms with Crippen LogP contribution in [0.4, 0.5) is 0 Å². The first-order valence-corrected chi connectivity index (χ1v) is 9.10. The van der Waals surface area contributed by atoms with Crippen molar-refractivity contribution in [3.8, 4) is 0 Å². The Morgan fingerprint density at radius 2 is 1.89 bits per heavy atom. The number of nitrogens with two attached hydrogens (primary N) is 2. The zero-order valence-electron chi connectivity index (χ0n) is 15.4. The van der Waals surface area contributed by atoms with E-state index in [0.717, 1.165) is 6.42 Å². The molecule has 0 bridgehead atoms. The van der Waals surface area contributed by atoms with Gasteiger partial charge in [0.2, 0.25) is 23.6 Å². The Kier molecular flexibility index (Phi) is 7.25. The van der Waals surface area contributed by atoms with E-state index in [-0.39, 0.29) is 17.9 Å². The fourth-order valence-electron chi connectivity index (χ4n) is 3.11. The number of carbonyl (C=O) groups is 5. The molecule has 0 aliphatic carbocycles. The molecule has 1 fully saturated rings. The first-order chi connectivity index (χ1) is 13.3. The SMILES string of the molecule is NC(=O)CCCCCC(C(N)=O)c1cccc(C(=O)NC2CC(=O)NC2=O)c1. The molecule has 1 saturated heterocycles. The standard InChI is InChI=1S/C19H24N4O5/c20-15(24)8-3-1-2-7-13(17(21)26)11-5-4-6-12(9-11)18(27)22-14-10-16(25)23-19(14)28/h4-6,9,13-14H,1-3,7-8,10H2,(H2,20,24)(H2,21,26)(H,22,27)(H,23,25,28). The van der Waals surface area contributed by atoms with E-state index in [0.29, 0.717) is 31.2 Å². The van der Waals surface area contributed by atoms with Crippen LogP contribution >= 0.6 is 0 Å². The van der Waals surface area contributed by atoms with Gasteiger partial charge >= 0.3 is 0 Å². The molecular weight excluding hydrogens is 364 g/mol. The largest absolute Gasteiger partial charge is 0.370 e. The highest BCUT2D eigenvalue weighted by Gasteiger charge is 2.32. The highest BCUT2D eigenvalue weighted by molar-refractivity contribution is 6.08. The molecule has 6 N–H and O–H groups in total. The summed E-state index contributed by atoms with van der Waals surface area (Å²) < 4.78 is 0. The van der Waals surface area contributed by atoms with Gasteiger partial charge in [0, 0.05) is 12.0 Å². The molecule has 0 saturated carbocycles. The normalized spacial score (nSPS) is 17.1. The minimum Gasteiger partial charge on any atom is -0.370 e. The second-order valence-electron chi connectivity index (χ2n) is 6.79. The molecule has 0 spiro atoms. The van der Waals surface area contributed by atoms with Gasteiger partial charge in [0.25, 0.3) is 5.91 Å².